The second kappa shape index (κ2) is 11.3. The van der Waals surface area contributed by atoms with E-state index in [1.807, 2.05) is 12.1 Å². The van der Waals surface area contributed by atoms with Crippen LogP contribution in [0, 0.1) is 0 Å². The van der Waals surface area contributed by atoms with E-state index in [2.05, 4.69) is 183 Å². The predicted octanol–water partition coefficient (Wildman–Crippen LogP) is 13.8. The van der Waals surface area contributed by atoms with Crippen LogP contribution < -0.4 is 4.90 Å². The summed E-state index contributed by atoms with van der Waals surface area (Å²) in [5.74, 6) is 0. The predicted molar refractivity (Wildman–Crippen MR) is 214 cm³/mol. The molecule has 51 heavy (non-hydrogen) atoms. The van der Waals surface area contributed by atoms with E-state index in [1.165, 1.54) is 49.9 Å². The molecule has 0 bridgehead atoms. The van der Waals surface area contributed by atoms with Crippen LogP contribution in [-0.2, 0) is 5.41 Å². The van der Waals surface area contributed by atoms with Crippen LogP contribution in [0.2, 0.25) is 0 Å². The molecule has 0 aliphatic heterocycles. The zero-order valence-corrected chi connectivity index (χ0v) is 28.6. The maximum absolute atomic E-state index is 6.40. The van der Waals surface area contributed by atoms with Gasteiger partial charge >= 0.3 is 0 Å². The molecule has 1 heterocycles. The summed E-state index contributed by atoms with van der Waals surface area (Å²) in [6.07, 6.45) is 0. The van der Waals surface area contributed by atoms with E-state index in [4.69, 9.17) is 4.42 Å². The number of rotatable bonds is 5. The van der Waals surface area contributed by atoms with Crippen molar-refractivity contribution in [2.45, 2.75) is 19.3 Å². The van der Waals surface area contributed by atoms with Gasteiger partial charge in [0.1, 0.15) is 11.2 Å². The number of benzene rings is 8. The van der Waals surface area contributed by atoms with Gasteiger partial charge in [-0.1, -0.05) is 141 Å². The quantitative estimate of drug-likeness (QED) is 0.184. The number of nitrogens with zero attached hydrogens (tertiary/aromatic N) is 1. The van der Waals surface area contributed by atoms with Crippen molar-refractivity contribution in [1.82, 2.24) is 0 Å². The minimum absolute atomic E-state index is 0.0410. The first-order valence-electron chi connectivity index (χ1n) is 17.7. The molecule has 242 valence electrons. The van der Waals surface area contributed by atoms with Crippen molar-refractivity contribution in [3.63, 3.8) is 0 Å². The summed E-state index contributed by atoms with van der Waals surface area (Å²) in [6.45, 7) is 4.67. The third kappa shape index (κ3) is 4.64. The lowest BCUT2D eigenvalue weighted by Crippen LogP contribution is -2.15. The third-order valence-electron chi connectivity index (χ3n) is 10.9. The Balaban J connectivity index is 1.09. The van der Waals surface area contributed by atoms with Gasteiger partial charge in [-0.2, -0.15) is 0 Å². The first kappa shape index (κ1) is 29.5. The number of para-hydroxylation sites is 1. The van der Waals surface area contributed by atoms with E-state index in [0.29, 0.717) is 0 Å². The lowest BCUT2D eigenvalue weighted by Gasteiger charge is -2.27. The van der Waals surface area contributed by atoms with Crippen molar-refractivity contribution >= 4 is 49.8 Å². The Hall–Kier alpha value is -6.38. The molecule has 9 aromatic rings. The standard InChI is InChI=1S/C49H35NO/c1-49(2)45-17-8-6-13-40(45)44-31-37(27-30-46(44)49)50(35-23-19-33(20-24-35)32-11-4-3-5-12-32)36-25-21-34(22-26-36)38-15-10-16-42-39(38)28-29-43-41-14-7-9-18-47(41)51-48(42)43/h3-31H,1-2H3. The number of anilines is 3. The molecule has 0 atom stereocenters. The summed E-state index contributed by atoms with van der Waals surface area (Å²) < 4.78 is 6.40. The van der Waals surface area contributed by atoms with E-state index >= 15 is 0 Å². The summed E-state index contributed by atoms with van der Waals surface area (Å²) >= 11 is 0. The van der Waals surface area contributed by atoms with E-state index in [-0.39, 0.29) is 5.41 Å². The molecular formula is C49H35NO. The molecule has 0 radical (unpaired) electrons. The van der Waals surface area contributed by atoms with Crippen LogP contribution in [0.5, 0.6) is 0 Å². The highest BCUT2D eigenvalue weighted by Gasteiger charge is 2.35. The molecule has 0 saturated heterocycles. The van der Waals surface area contributed by atoms with Gasteiger partial charge in [-0.15, -0.1) is 0 Å². The SMILES string of the molecule is CC1(C)c2ccccc2-c2cc(N(c3ccc(-c4ccccc4)cc3)c3ccc(-c4cccc5c4ccc4c6ccccc6oc54)cc3)ccc21. The van der Waals surface area contributed by atoms with Gasteiger partial charge < -0.3 is 9.32 Å². The summed E-state index contributed by atoms with van der Waals surface area (Å²) in [7, 11) is 0. The molecular weight excluding hydrogens is 619 g/mol. The van der Waals surface area contributed by atoms with E-state index in [9.17, 15) is 0 Å². The van der Waals surface area contributed by atoms with Gasteiger partial charge in [-0.3, -0.25) is 0 Å². The Morgan fingerprint density at radius 3 is 1.76 bits per heavy atom. The molecule has 0 saturated carbocycles. The molecule has 1 aliphatic carbocycles. The lowest BCUT2D eigenvalue weighted by atomic mass is 9.82. The molecule has 1 aliphatic rings. The molecule has 2 heteroatoms. The van der Waals surface area contributed by atoms with Gasteiger partial charge in [0.2, 0.25) is 0 Å². The lowest BCUT2D eigenvalue weighted by molar-refractivity contribution is 0.660. The van der Waals surface area contributed by atoms with Crippen LogP contribution in [0.4, 0.5) is 17.1 Å². The molecule has 0 unspecified atom stereocenters. The monoisotopic (exact) mass is 653 g/mol. The maximum Gasteiger partial charge on any atom is 0.143 e. The number of fused-ring (bicyclic) bond motifs is 8. The van der Waals surface area contributed by atoms with Crippen LogP contribution >= 0.6 is 0 Å². The third-order valence-corrected chi connectivity index (χ3v) is 10.9. The highest BCUT2D eigenvalue weighted by atomic mass is 16.3. The summed E-state index contributed by atoms with van der Waals surface area (Å²) in [5.41, 5.74) is 15.4. The average Bonchev–Trinajstić information content (AvgIpc) is 3.68. The van der Waals surface area contributed by atoms with Crippen molar-refractivity contribution in [2.75, 3.05) is 4.90 Å². The van der Waals surface area contributed by atoms with Crippen LogP contribution in [0.25, 0.3) is 66.1 Å². The smallest absolute Gasteiger partial charge is 0.143 e. The Labute approximate surface area is 297 Å². The van der Waals surface area contributed by atoms with Crippen LogP contribution in [0.1, 0.15) is 25.0 Å². The molecule has 2 nitrogen and oxygen atoms in total. The molecule has 0 fully saturated rings. The summed E-state index contributed by atoms with van der Waals surface area (Å²) in [4.78, 5) is 2.38. The van der Waals surface area contributed by atoms with Gasteiger partial charge in [0.25, 0.3) is 0 Å². The van der Waals surface area contributed by atoms with Crippen LogP contribution in [-0.4, -0.2) is 0 Å². The fourth-order valence-corrected chi connectivity index (χ4v) is 8.31. The molecule has 1 aromatic heterocycles. The number of furan rings is 1. The minimum atomic E-state index is -0.0410. The van der Waals surface area contributed by atoms with Gasteiger partial charge in [-0.25, -0.2) is 0 Å². The Morgan fingerprint density at radius 1 is 0.392 bits per heavy atom. The van der Waals surface area contributed by atoms with Gasteiger partial charge in [0, 0.05) is 38.6 Å². The topological polar surface area (TPSA) is 16.4 Å². The van der Waals surface area contributed by atoms with E-state index in [1.54, 1.807) is 0 Å². The second-order valence-electron chi connectivity index (χ2n) is 14.1. The van der Waals surface area contributed by atoms with Gasteiger partial charge in [0.15, 0.2) is 0 Å². The highest BCUT2D eigenvalue weighted by molar-refractivity contribution is 6.17. The van der Waals surface area contributed by atoms with E-state index < -0.39 is 0 Å². The van der Waals surface area contributed by atoms with Crippen LogP contribution in [0.3, 0.4) is 0 Å². The first-order chi connectivity index (χ1) is 25.0. The normalized spacial score (nSPS) is 13.1. The summed E-state index contributed by atoms with van der Waals surface area (Å²) in [6, 6.07) is 63.7. The molecule has 8 aromatic carbocycles. The van der Waals surface area contributed by atoms with Gasteiger partial charge in [0.05, 0.1) is 0 Å². The largest absolute Gasteiger partial charge is 0.455 e. The first-order valence-corrected chi connectivity index (χ1v) is 17.7. The zero-order chi connectivity index (χ0) is 34.1. The maximum atomic E-state index is 6.40. The Bertz CT molecular complexity index is 2750. The molecule has 10 rings (SSSR count). The fraction of sp³-hybridized carbons (Fsp3) is 0.0612. The molecule has 0 amide bonds. The van der Waals surface area contributed by atoms with Crippen molar-refractivity contribution in [3.05, 3.63) is 187 Å². The molecule has 0 spiro atoms. The number of hydrogen-bond acceptors (Lipinski definition) is 2. The fourth-order valence-electron chi connectivity index (χ4n) is 8.31. The minimum Gasteiger partial charge on any atom is -0.455 e. The van der Waals surface area contributed by atoms with Crippen LogP contribution in [0.15, 0.2) is 180 Å². The van der Waals surface area contributed by atoms with Crippen molar-refractivity contribution in [2.24, 2.45) is 0 Å². The molecule has 0 N–H and O–H groups in total. The number of hydrogen-bond donors (Lipinski definition) is 0. The van der Waals surface area contributed by atoms with Crippen molar-refractivity contribution < 1.29 is 4.42 Å². The van der Waals surface area contributed by atoms with E-state index in [0.717, 1.165) is 44.4 Å². The second-order valence-corrected chi connectivity index (χ2v) is 14.1. The van der Waals surface area contributed by atoms with Crippen molar-refractivity contribution in [1.29, 1.82) is 0 Å². The van der Waals surface area contributed by atoms with Crippen molar-refractivity contribution in [3.8, 4) is 33.4 Å². The Morgan fingerprint density at radius 2 is 0.961 bits per heavy atom. The van der Waals surface area contributed by atoms with Gasteiger partial charge in [-0.05, 0) is 98.4 Å². The zero-order valence-electron chi connectivity index (χ0n) is 28.6. The average molecular weight is 654 g/mol. The summed E-state index contributed by atoms with van der Waals surface area (Å²) in [5, 5.41) is 4.62. The Kier molecular flexibility index (Phi) is 6.56. The highest BCUT2D eigenvalue weighted by Crippen LogP contribution is 2.50.